The van der Waals surface area contributed by atoms with E-state index < -0.39 is 0 Å². The van der Waals surface area contributed by atoms with E-state index in [4.69, 9.17) is 0 Å². The summed E-state index contributed by atoms with van der Waals surface area (Å²) in [5, 5.41) is 5.12. The van der Waals surface area contributed by atoms with E-state index in [0.29, 0.717) is 5.56 Å². The van der Waals surface area contributed by atoms with Crippen LogP contribution in [-0.2, 0) is 0 Å². The van der Waals surface area contributed by atoms with Crippen LogP contribution < -0.4 is 0 Å². The Kier molecular flexibility index (Phi) is 1.83. The van der Waals surface area contributed by atoms with Gasteiger partial charge in [0.25, 0.3) is 0 Å². The molecular formula is C11H8N4O. The van der Waals surface area contributed by atoms with Crippen LogP contribution in [0.3, 0.4) is 0 Å². The molecule has 5 nitrogen and oxygen atoms in total. The standard InChI is InChI=1S/C11H8N4O/c16-8-9-6-13-15(7-9)14-5-3-10-2-1-4-12-11(10)14/h1-8H. The van der Waals surface area contributed by atoms with Gasteiger partial charge in [-0.1, -0.05) is 0 Å². The summed E-state index contributed by atoms with van der Waals surface area (Å²) >= 11 is 0. The minimum atomic E-state index is 0.540. The van der Waals surface area contributed by atoms with E-state index in [-0.39, 0.29) is 0 Å². The van der Waals surface area contributed by atoms with E-state index in [2.05, 4.69) is 10.1 Å². The van der Waals surface area contributed by atoms with E-state index in [1.165, 1.54) is 6.20 Å². The molecule has 0 unspecified atom stereocenters. The first-order valence-corrected chi connectivity index (χ1v) is 4.81. The third-order valence-electron chi connectivity index (χ3n) is 2.38. The Bertz CT molecular complexity index is 653. The molecule has 5 heteroatoms. The van der Waals surface area contributed by atoms with Crippen molar-refractivity contribution in [3.05, 3.63) is 48.5 Å². The van der Waals surface area contributed by atoms with Crippen LogP contribution in [-0.4, -0.2) is 25.8 Å². The number of carbonyl (C=O) groups is 1. The molecule has 0 fully saturated rings. The molecule has 3 aromatic heterocycles. The fourth-order valence-corrected chi connectivity index (χ4v) is 1.62. The summed E-state index contributed by atoms with van der Waals surface area (Å²) in [6, 6.07) is 5.81. The third-order valence-corrected chi connectivity index (χ3v) is 2.38. The lowest BCUT2D eigenvalue weighted by Gasteiger charge is -2.02. The number of aromatic nitrogens is 4. The molecule has 0 saturated carbocycles. The van der Waals surface area contributed by atoms with Crippen LogP contribution in [0.4, 0.5) is 0 Å². The Labute approximate surface area is 90.9 Å². The molecule has 3 rings (SSSR count). The molecule has 3 aromatic rings. The molecule has 0 bridgehead atoms. The highest BCUT2D eigenvalue weighted by atomic mass is 16.1. The zero-order chi connectivity index (χ0) is 11.0. The molecule has 0 N–H and O–H groups in total. The molecule has 0 saturated heterocycles. The summed E-state index contributed by atoms with van der Waals surface area (Å²) in [6.07, 6.45) is 7.52. The Hall–Kier alpha value is -2.43. The van der Waals surface area contributed by atoms with E-state index in [1.807, 2.05) is 24.4 Å². The van der Waals surface area contributed by atoms with Crippen LogP contribution in [0.2, 0.25) is 0 Å². The normalized spacial score (nSPS) is 10.8. The van der Waals surface area contributed by atoms with Crippen LogP contribution in [0.5, 0.6) is 0 Å². The smallest absolute Gasteiger partial charge is 0.160 e. The second-order valence-corrected chi connectivity index (χ2v) is 3.39. The van der Waals surface area contributed by atoms with Crippen LogP contribution in [0.1, 0.15) is 10.4 Å². The first kappa shape index (κ1) is 8.84. The van der Waals surface area contributed by atoms with E-state index in [9.17, 15) is 4.79 Å². The largest absolute Gasteiger partial charge is 0.298 e. The van der Waals surface area contributed by atoms with E-state index >= 15 is 0 Å². The fraction of sp³-hybridized carbons (Fsp3) is 0. The maximum atomic E-state index is 10.6. The first-order chi connectivity index (χ1) is 7.88. The second-order valence-electron chi connectivity index (χ2n) is 3.39. The number of hydrogen-bond donors (Lipinski definition) is 0. The van der Waals surface area contributed by atoms with Crippen molar-refractivity contribution in [1.82, 2.24) is 19.5 Å². The molecule has 0 aromatic carbocycles. The number of rotatable bonds is 2. The predicted octanol–water partition coefficient (Wildman–Crippen LogP) is 1.36. The lowest BCUT2D eigenvalue weighted by Crippen LogP contribution is -2.08. The van der Waals surface area contributed by atoms with Crippen LogP contribution in [0.25, 0.3) is 11.0 Å². The molecule has 0 radical (unpaired) electrons. The highest BCUT2D eigenvalue weighted by Crippen LogP contribution is 2.12. The highest BCUT2D eigenvalue weighted by molar-refractivity contribution is 5.76. The number of nitrogens with zero attached hydrogens (tertiary/aromatic N) is 4. The van der Waals surface area contributed by atoms with Gasteiger partial charge >= 0.3 is 0 Å². The van der Waals surface area contributed by atoms with Gasteiger partial charge in [0.1, 0.15) is 0 Å². The molecule has 0 aliphatic carbocycles. The van der Waals surface area contributed by atoms with Crippen molar-refractivity contribution in [3.63, 3.8) is 0 Å². The van der Waals surface area contributed by atoms with Gasteiger partial charge in [0.2, 0.25) is 0 Å². The van der Waals surface area contributed by atoms with Gasteiger partial charge in [0.05, 0.1) is 18.0 Å². The zero-order valence-corrected chi connectivity index (χ0v) is 8.32. The number of carbonyl (C=O) groups excluding carboxylic acids is 1. The summed E-state index contributed by atoms with van der Waals surface area (Å²) in [4.78, 5) is 16.4. The van der Waals surface area contributed by atoms with Crippen molar-refractivity contribution in [3.8, 4) is 0 Å². The van der Waals surface area contributed by atoms with Gasteiger partial charge in [0.15, 0.2) is 11.9 Å². The fourth-order valence-electron chi connectivity index (χ4n) is 1.62. The van der Waals surface area contributed by atoms with Crippen molar-refractivity contribution < 1.29 is 4.79 Å². The zero-order valence-electron chi connectivity index (χ0n) is 8.32. The average Bonchev–Trinajstić information content (AvgIpc) is 2.94. The Morgan fingerprint density at radius 1 is 1.31 bits per heavy atom. The number of aldehydes is 1. The maximum absolute atomic E-state index is 10.6. The van der Waals surface area contributed by atoms with Gasteiger partial charge in [-0.2, -0.15) is 9.89 Å². The number of pyridine rings is 1. The quantitative estimate of drug-likeness (QED) is 0.602. The number of hydrogen-bond acceptors (Lipinski definition) is 3. The monoisotopic (exact) mass is 212 g/mol. The van der Waals surface area contributed by atoms with Crippen LogP contribution in [0, 0.1) is 0 Å². The van der Waals surface area contributed by atoms with Gasteiger partial charge in [-0.15, -0.1) is 0 Å². The van der Waals surface area contributed by atoms with Gasteiger partial charge in [-0.05, 0) is 18.2 Å². The molecule has 0 atom stereocenters. The van der Waals surface area contributed by atoms with Crippen molar-refractivity contribution in [2.45, 2.75) is 0 Å². The molecule has 16 heavy (non-hydrogen) atoms. The minimum Gasteiger partial charge on any atom is -0.298 e. The molecule has 3 heterocycles. The molecule has 0 spiro atoms. The molecule has 0 aliphatic heterocycles. The molecular weight excluding hydrogens is 204 g/mol. The van der Waals surface area contributed by atoms with E-state index in [1.54, 1.807) is 21.9 Å². The first-order valence-electron chi connectivity index (χ1n) is 4.81. The highest BCUT2D eigenvalue weighted by Gasteiger charge is 2.04. The predicted molar refractivity (Wildman–Crippen MR) is 58.1 cm³/mol. The summed E-state index contributed by atoms with van der Waals surface area (Å²) in [6.45, 7) is 0. The van der Waals surface area contributed by atoms with Crippen LogP contribution >= 0.6 is 0 Å². The summed E-state index contributed by atoms with van der Waals surface area (Å²) in [7, 11) is 0. The second kappa shape index (κ2) is 3.30. The summed E-state index contributed by atoms with van der Waals surface area (Å²) in [5.74, 6) is 0. The van der Waals surface area contributed by atoms with Gasteiger partial charge in [-0.3, -0.25) is 4.79 Å². The third kappa shape index (κ3) is 1.22. The number of fused-ring (bicyclic) bond motifs is 1. The summed E-state index contributed by atoms with van der Waals surface area (Å²) in [5.41, 5.74) is 1.35. The minimum absolute atomic E-state index is 0.540. The topological polar surface area (TPSA) is 52.7 Å². The van der Waals surface area contributed by atoms with Crippen LogP contribution in [0.15, 0.2) is 43.0 Å². The Morgan fingerprint density at radius 3 is 3.06 bits per heavy atom. The maximum Gasteiger partial charge on any atom is 0.160 e. The lowest BCUT2D eigenvalue weighted by molar-refractivity contribution is 0.112. The Morgan fingerprint density at radius 2 is 2.25 bits per heavy atom. The average molecular weight is 212 g/mol. The molecule has 78 valence electrons. The summed E-state index contributed by atoms with van der Waals surface area (Å²) < 4.78 is 1.78. The SMILES string of the molecule is O=Cc1cnn(-n2ccc3cccnc32)c1. The van der Waals surface area contributed by atoms with Crippen molar-refractivity contribution in [2.75, 3.05) is 0 Å². The van der Waals surface area contributed by atoms with Gasteiger partial charge in [0, 0.05) is 17.8 Å². The lowest BCUT2D eigenvalue weighted by atomic mass is 10.3. The van der Waals surface area contributed by atoms with Gasteiger partial charge in [-0.25, -0.2) is 9.66 Å². The van der Waals surface area contributed by atoms with E-state index in [0.717, 1.165) is 17.3 Å². The Balaban J connectivity index is 2.21. The van der Waals surface area contributed by atoms with Crippen molar-refractivity contribution in [1.29, 1.82) is 0 Å². The van der Waals surface area contributed by atoms with Crippen molar-refractivity contribution in [2.24, 2.45) is 0 Å². The molecule has 0 aliphatic rings. The van der Waals surface area contributed by atoms with Gasteiger partial charge < -0.3 is 0 Å². The van der Waals surface area contributed by atoms with Crippen molar-refractivity contribution >= 4 is 17.3 Å². The molecule has 0 amide bonds.